The van der Waals surface area contributed by atoms with Gasteiger partial charge in [-0.15, -0.1) is 0 Å². The molecule has 4 N–H and O–H groups in total. The van der Waals surface area contributed by atoms with Gasteiger partial charge in [-0.3, -0.25) is 4.79 Å². The van der Waals surface area contributed by atoms with E-state index < -0.39 is 0 Å². The van der Waals surface area contributed by atoms with Crippen LogP contribution in [0.15, 0.2) is 18.2 Å². The molecule has 1 aliphatic heterocycles. The van der Waals surface area contributed by atoms with Crippen LogP contribution in [0, 0.1) is 0 Å². The number of piperidine rings is 1. The normalized spacial score (nSPS) is 16.9. The van der Waals surface area contributed by atoms with E-state index in [2.05, 4.69) is 10.2 Å². The van der Waals surface area contributed by atoms with Gasteiger partial charge in [0.05, 0.1) is 16.8 Å². The maximum absolute atomic E-state index is 11.9. The third-order valence-electron chi connectivity index (χ3n) is 3.70. The Bertz CT molecular complexity index is 488. The zero-order valence-corrected chi connectivity index (χ0v) is 12.8. The van der Waals surface area contributed by atoms with E-state index in [1.807, 2.05) is 0 Å². The molecule has 0 atom stereocenters. The van der Waals surface area contributed by atoms with E-state index in [1.54, 1.807) is 18.2 Å². The summed E-state index contributed by atoms with van der Waals surface area (Å²) in [6.45, 7) is 2.70. The number of amides is 1. The fourth-order valence-corrected chi connectivity index (χ4v) is 2.69. The molecule has 0 radical (unpaired) electrons. The number of aliphatic hydroxyl groups excluding tert-OH is 1. The minimum Gasteiger partial charge on any atom is -0.399 e. The zero-order valence-electron chi connectivity index (χ0n) is 12.0. The maximum atomic E-state index is 11.9. The quantitative estimate of drug-likeness (QED) is 0.728. The van der Waals surface area contributed by atoms with E-state index in [4.69, 9.17) is 17.3 Å². The van der Waals surface area contributed by atoms with Crippen molar-refractivity contribution in [2.24, 2.45) is 0 Å². The summed E-state index contributed by atoms with van der Waals surface area (Å²) in [5.41, 5.74) is 6.78. The minimum absolute atomic E-state index is 0.0429. The summed E-state index contributed by atoms with van der Waals surface area (Å²) in [6.07, 6.45) is 2.76. The topological polar surface area (TPSA) is 78.6 Å². The molecule has 1 heterocycles. The Balaban J connectivity index is 1.70. The van der Waals surface area contributed by atoms with Crippen LogP contribution in [0.25, 0.3) is 0 Å². The van der Waals surface area contributed by atoms with Gasteiger partial charge < -0.3 is 21.1 Å². The SMILES string of the molecule is Nc1ccc(NC(=O)CCCN2CCC(O)CC2)c(Cl)c1. The Hall–Kier alpha value is -1.30. The van der Waals surface area contributed by atoms with Crippen molar-refractivity contribution in [3.05, 3.63) is 23.2 Å². The number of hydrogen-bond acceptors (Lipinski definition) is 4. The Kier molecular flexibility index (Phi) is 5.85. The molecular formula is C15H22ClN3O2. The van der Waals surface area contributed by atoms with Crippen LogP contribution in [0.2, 0.25) is 5.02 Å². The Morgan fingerprint density at radius 2 is 2.14 bits per heavy atom. The van der Waals surface area contributed by atoms with Crippen molar-refractivity contribution in [2.45, 2.75) is 31.8 Å². The Morgan fingerprint density at radius 1 is 1.43 bits per heavy atom. The van der Waals surface area contributed by atoms with E-state index in [0.717, 1.165) is 38.9 Å². The van der Waals surface area contributed by atoms with Crippen molar-refractivity contribution >= 4 is 28.9 Å². The summed E-state index contributed by atoms with van der Waals surface area (Å²) in [6, 6.07) is 5.04. The van der Waals surface area contributed by atoms with Crippen LogP contribution < -0.4 is 11.1 Å². The van der Waals surface area contributed by atoms with Crippen LogP contribution in [-0.2, 0) is 4.79 Å². The fraction of sp³-hybridized carbons (Fsp3) is 0.533. The molecule has 0 aromatic heterocycles. The maximum Gasteiger partial charge on any atom is 0.224 e. The third kappa shape index (κ3) is 5.19. The lowest BCUT2D eigenvalue weighted by Crippen LogP contribution is -2.36. The van der Waals surface area contributed by atoms with E-state index in [1.165, 1.54) is 0 Å². The van der Waals surface area contributed by atoms with Crippen LogP contribution in [0.4, 0.5) is 11.4 Å². The summed E-state index contributed by atoms with van der Waals surface area (Å²) in [4.78, 5) is 14.2. The van der Waals surface area contributed by atoms with Gasteiger partial charge in [0.1, 0.15) is 0 Å². The van der Waals surface area contributed by atoms with E-state index >= 15 is 0 Å². The Morgan fingerprint density at radius 3 is 2.81 bits per heavy atom. The number of benzene rings is 1. The highest BCUT2D eigenvalue weighted by Gasteiger charge is 2.16. The molecule has 1 amide bonds. The molecular weight excluding hydrogens is 290 g/mol. The predicted octanol–water partition coefficient (Wildman–Crippen LogP) is 2.10. The number of nitrogens with two attached hydrogens (primary N) is 1. The zero-order chi connectivity index (χ0) is 15.2. The molecule has 0 spiro atoms. The van der Waals surface area contributed by atoms with Crippen LogP contribution in [-0.4, -0.2) is 41.7 Å². The summed E-state index contributed by atoms with van der Waals surface area (Å²) in [7, 11) is 0. The first-order valence-electron chi connectivity index (χ1n) is 7.30. The summed E-state index contributed by atoms with van der Waals surface area (Å²) in [5, 5.41) is 12.7. The fourth-order valence-electron chi connectivity index (χ4n) is 2.45. The molecule has 1 saturated heterocycles. The van der Waals surface area contributed by atoms with E-state index in [9.17, 15) is 9.90 Å². The first-order chi connectivity index (χ1) is 10.0. The van der Waals surface area contributed by atoms with Gasteiger partial charge in [-0.2, -0.15) is 0 Å². The largest absolute Gasteiger partial charge is 0.399 e. The standard InChI is InChI=1S/C15H22ClN3O2/c16-13-10-11(17)3-4-14(13)18-15(21)2-1-7-19-8-5-12(20)6-9-19/h3-4,10,12,20H,1-2,5-9,17H2,(H,18,21). The van der Waals surface area contributed by atoms with Gasteiger partial charge in [-0.25, -0.2) is 0 Å². The molecule has 2 rings (SSSR count). The highest BCUT2D eigenvalue weighted by molar-refractivity contribution is 6.34. The number of carbonyl (C=O) groups excluding carboxylic acids is 1. The van der Waals surface area contributed by atoms with Crippen molar-refractivity contribution in [3.8, 4) is 0 Å². The first kappa shape index (κ1) is 16.1. The van der Waals surface area contributed by atoms with Crippen molar-refractivity contribution in [1.82, 2.24) is 4.90 Å². The molecule has 5 nitrogen and oxygen atoms in total. The average molecular weight is 312 g/mol. The van der Waals surface area contributed by atoms with Crippen LogP contribution in [0.3, 0.4) is 0 Å². The summed E-state index contributed by atoms with van der Waals surface area (Å²) >= 11 is 6.02. The van der Waals surface area contributed by atoms with Gasteiger partial charge in [-0.05, 0) is 44.0 Å². The third-order valence-corrected chi connectivity index (χ3v) is 4.02. The molecule has 1 aromatic carbocycles. The lowest BCUT2D eigenvalue weighted by molar-refractivity contribution is -0.116. The van der Waals surface area contributed by atoms with Crippen molar-refractivity contribution < 1.29 is 9.90 Å². The highest BCUT2D eigenvalue weighted by atomic mass is 35.5. The van der Waals surface area contributed by atoms with Crippen LogP contribution >= 0.6 is 11.6 Å². The van der Waals surface area contributed by atoms with Crippen molar-refractivity contribution in [3.63, 3.8) is 0 Å². The van der Waals surface area contributed by atoms with Gasteiger partial charge in [0, 0.05) is 25.2 Å². The molecule has 1 aromatic rings. The minimum atomic E-state index is -0.155. The molecule has 0 saturated carbocycles. The molecule has 116 valence electrons. The predicted molar refractivity (Wildman–Crippen MR) is 85.4 cm³/mol. The van der Waals surface area contributed by atoms with E-state index in [0.29, 0.717) is 22.8 Å². The molecule has 1 aliphatic rings. The van der Waals surface area contributed by atoms with Gasteiger partial charge in [0.15, 0.2) is 0 Å². The number of nitrogens with zero attached hydrogens (tertiary/aromatic N) is 1. The lowest BCUT2D eigenvalue weighted by Gasteiger charge is -2.29. The van der Waals surface area contributed by atoms with Crippen molar-refractivity contribution in [1.29, 1.82) is 0 Å². The molecule has 0 aliphatic carbocycles. The number of anilines is 2. The number of aliphatic hydroxyl groups is 1. The van der Waals surface area contributed by atoms with Gasteiger partial charge >= 0.3 is 0 Å². The number of halogens is 1. The van der Waals surface area contributed by atoms with Crippen molar-refractivity contribution in [2.75, 3.05) is 30.7 Å². The Labute approximate surface area is 130 Å². The second kappa shape index (κ2) is 7.64. The molecule has 0 unspecified atom stereocenters. The van der Waals surface area contributed by atoms with Gasteiger partial charge in [0.2, 0.25) is 5.91 Å². The van der Waals surface area contributed by atoms with Gasteiger partial charge in [0.25, 0.3) is 0 Å². The highest BCUT2D eigenvalue weighted by Crippen LogP contribution is 2.24. The number of nitrogens with one attached hydrogen (secondary N) is 1. The number of likely N-dealkylation sites (tertiary alicyclic amines) is 1. The smallest absolute Gasteiger partial charge is 0.224 e. The molecule has 21 heavy (non-hydrogen) atoms. The number of carbonyl (C=O) groups is 1. The molecule has 0 bridgehead atoms. The van der Waals surface area contributed by atoms with Gasteiger partial charge in [-0.1, -0.05) is 11.6 Å². The monoisotopic (exact) mass is 311 g/mol. The number of hydrogen-bond donors (Lipinski definition) is 3. The number of rotatable bonds is 5. The average Bonchev–Trinajstić information content (AvgIpc) is 2.44. The van der Waals surface area contributed by atoms with E-state index in [-0.39, 0.29) is 12.0 Å². The van der Waals surface area contributed by atoms with Crippen LogP contribution in [0.1, 0.15) is 25.7 Å². The second-order valence-electron chi connectivity index (χ2n) is 5.46. The molecule has 1 fully saturated rings. The summed E-state index contributed by atoms with van der Waals surface area (Å²) < 4.78 is 0. The second-order valence-corrected chi connectivity index (χ2v) is 5.87. The lowest BCUT2D eigenvalue weighted by atomic mass is 10.1. The summed E-state index contributed by atoms with van der Waals surface area (Å²) in [5.74, 6) is -0.0429. The molecule has 6 heteroatoms. The van der Waals surface area contributed by atoms with Crippen LogP contribution in [0.5, 0.6) is 0 Å². The number of nitrogen functional groups attached to an aromatic ring is 1. The first-order valence-corrected chi connectivity index (χ1v) is 7.67.